The number of carbonyl (C=O) groups excluding carboxylic acids is 2. The van der Waals surface area contributed by atoms with Crippen molar-refractivity contribution >= 4 is 11.8 Å². The predicted octanol–water partition coefficient (Wildman–Crippen LogP) is 2.36. The lowest BCUT2D eigenvalue weighted by atomic mass is 9.97. The van der Waals surface area contributed by atoms with E-state index < -0.39 is 42.8 Å². The fourth-order valence-corrected chi connectivity index (χ4v) is 2.48. The predicted molar refractivity (Wildman–Crippen MR) is 74.1 cm³/mol. The molecule has 1 N–H and O–H groups in total. The molecule has 1 atom stereocenters. The molecule has 1 heterocycles. The summed E-state index contributed by atoms with van der Waals surface area (Å²) in [4.78, 5) is 24.8. The molecule has 0 aliphatic carbocycles. The number of rotatable bonds is 3. The number of benzene rings is 1. The van der Waals surface area contributed by atoms with Crippen LogP contribution < -0.4 is 5.32 Å². The molecule has 0 radical (unpaired) electrons. The van der Waals surface area contributed by atoms with Gasteiger partial charge in [-0.15, -0.1) is 0 Å². The summed E-state index contributed by atoms with van der Waals surface area (Å²) in [7, 11) is 0. The van der Waals surface area contributed by atoms with Gasteiger partial charge in [-0.05, 0) is 25.0 Å². The number of piperidine rings is 1. The molecule has 1 aliphatic rings. The summed E-state index contributed by atoms with van der Waals surface area (Å²) in [6, 6.07) is 5.26. The lowest BCUT2D eigenvalue weighted by Gasteiger charge is -2.33. The Balaban J connectivity index is 1.90. The van der Waals surface area contributed by atoms with Crippen LogP contribution in [0.4, 0.5) is 17.6 Å². The van der Waals surface area contributed by atoms with Gasteiger partial charge in [0, 0.05) is 13.1 Å². The molecule has 1 aromatic carbocycles. The van der Waals surface area contributed by atoms with Crippen molar-refractivity contribution in [3.05, 3.63) is 35.6 Å². The number of hydrogen-bond acceptors (Lipinski definition) is 2. The van der Waals surface area contributed by atoms with Crippen LogP contribution in [0.1, 0.15) is 23.2 Å². The molecule has 0 bridgehead atoms. The molecule has 2 rings (SSSR count). The Kier molecular flexibility index (Phi) is 5.23. The summed E-state index contributed by atoms with van der Waals surface area (Å²) < 4.78 is 51.5. The molecule has 23 heavy (non-hydrogen) atoms. The van der Waals surface area contributed by atoms with Gasteiger partial charge < -0.3 is 10.2 Å². The van der Waals surface area contributed by atoms with Gasteiger partial charge in [-0.25, -0.2) is 4.39 Å². The van der Waals surface area contributed by atoms with Gasteiger partial charge >= 0.3 is 6.18 Å². The zero-order valence-electron chi connectivity index (χ0n) is 12.2. The Morgan fingerprint density at radius 3 is 2.61 bits per heavy atom. The summed E-state index contributed by atoms with van der Waals surface area (Å²) in [6.45, 7) is -0.642. The van der Waals surface area contributed by atoms with Crippen molar-refractivity contribution in [3.63, 3.8) is 0 Å². The zero-order chi connectivity index (χ0) is 17.0. The monoisotopic (exact) mass is 332 g/mol. The highest BCUT2D eigenvalue weighted by molar-refractivity contribution is 5.96. The topological polar surface area (TPSA) is 49.4 Å². The number of likely N-dealkylation sites (tertiary alicyclic amines) is 1. The molecule has 8 heteroatoms. The number of hydrogen-bond donors (Lipinski definition) is 1. The molecule has 0 unspecified atom stereocenters. The van der Waals surface area contributed by atoms with Crippen molar-refractivity contribution < 1.29 is 27.2 Å². The van der Waals surface area contributed by atoms with Crippen LogP contribution in [-0.4, -0.2) is 42.5 Å². The van der Waals surface area contributed by atoms with Crippen molar-refractivity contribution in [2.75, 3.05) is 19.6 Å². The van der Waals surface area contributed by atoms with Crippen molar-refractivity contribution in [3.8, 4) is 0 Å². The SMILES string of the molecule is O=C(NCC(=O)N1CCC[C@H](C(F)(F)F)C1)c1ccccc1F. The normalized spacial score (nSPS) is 18.6. The number of amides is 2. The van der Waals surface area contributed by atoms with Crippen LogP contribution in [0, 0.1) is 11.7 Å². The van der Waals surface area contributed by atoms with Gasteiger partial charge in [-0.1, -0.05) is 12.1 Å². The van der Waals surface area contributed by atoms with E-state index >= 15 is 0 Å². The van der Waals surface area contributed by atoms with Crippen LogP contribution in [0.15, 0.2) is 24.3 Å². The molecular formula is C15H16F4N2O2. The third-order valence-electron chi connectivity index (χ3n) is 3.76. The van der Waals surface area contributed by atoms with E-state index in [-0.39, 0.29) is 24.9 Å². The second-order valence-corrected chi connectivity index (χ2v) is 5.38. The van der Waals surface area contributed by atoms with Crippen molar-refractivity contribution in [1.29, 1.82) is 0 Å². The molecule has 0 spiro atoms. The minimum atomic E-state index is -4.34. The number of nitrogens with one attached hydrogen (secondary N) is 1. The van der Waals surface area contributed by atoms with E-state index in [1.807, 2.05) is 0 Å². The first kappa shape index (κ1) is 17.2. The van der Waals surface area contributed by atoms with Gasteiger partial charge in [0.2, 0.25) is 5.91 Å². The second kappa shape index (κ2) is 6.97. The lowest BCUT2D eigenvalue weighted by Crippen LogP contribution is -2.48. The first-order chi connectivity index (χ1) is 10.8. The van der Waals surface area contributed by atoms with Crippen LogP contribution >= 0.6 is 0 Å². The van der Waals surface area contributed by atoms with Gasteiger partial charge in [0.25, 0.3) is 5.91 Å². The Morgan fingerprint density at radius 1 is 1.26 bits per heavy atom. The third-order valence-corrected chi connectivity index (χ3v) is 3.76. The van der Waals surface area contributed by atoms with E-state index in [0.29, 0.717) is 0 Å². The van der Waals surface area contributed by atoms with Crippen molar-refractivity contribution in [2.45, 2.75) is 19.0 Å². The van der Waals surface area contributed by atoms with Crippen molar-refractivity contribution in [2.24, 2.45) is 5.92 Å². The van der Waals surface area contributed by atoms with E-state index in [9.17, 15) is 27.2 Å². The fraction of sp³-hybridized carbons (Fsp3) is 0.467. The van der Waals surface area contributed by atoms with Crippen molar-refractivity contribution in [1.82, 2.24) is 10.2 Å². The van der Waals surface area contributed by atoms with Gasteiger partial charge in [-0.2, -0.15) is 13.2 Å². The van der Waals surface area contributed by atoms with Gasteiger partial charge in [0.1, 0.15) is 5.82 Å². The first-order valence-corrected chi connectivity index (χ1v) is 7.16. The molecule has 1 aliphatic heterocycles. The molecule has 1 fully saturated rings. The third kappa shape index (κ3) is 4.43. The van der Waals surface area contributed by atoms with Crippen LogP contribution in [-0.2, 0) is 4.79 Å². The number of nitrogens with zero attached hydrogens (tertiary/aromatic N) is 1. The minimum Gasteiger partial charge on any atom is -0.343 e. The van der Waals surface area contributed by atoms with E-state index in [1.165, 1.54) is 18.2 Å². The Labute approximate surface area is 130 Å². The van der Waals surface area contributed by atoms with Crippen LogP contribution in [0.2, 0.25) is 0 Å². The molecule has 0 aromatic heterocycles. The van der Waals surface area contributed by atoms with E-state index in [2.05, 4.69) is 5.32 Å². The van der Waals surface area contributed by atoms with Crippen LogP contribution in [0.3, 0.4) is 0 Å². The average molecular weight is 332 g/mol. The van der Waals surface area contributed by atoms with E-state index in [1.54, 1.807) is 0 Å². The Morgan fingerprint density at radius 2 is 1.96 bits per heavy atom. The molecule has 1 saturated heterocycles. The largest absolute Gasteiger partial charge is 0.393 e. The summed E-state index contributed by atoms with van der Waals surface area (Å²) >= 11 is 0. The zero-order valence-corrected chi connectivity index (χ0v) is 12.2. The molecular weight excluding hydrogens is 316 g/mol. The van der Waals surface area contributed by atoms with Gasteiger partial charge in [0.05, 0.1) is 18.0 Å². The Hall–Kier alpha value is -2.12. The summed E-state index contributed by atoms with van der Waals surface area (Å²) in [6.07, 6.45) is -4.08. The molecule has 1 aromatic rings. The number of alkyl halides is 3. The fourth-order valence-electron chi connectivity index (χ4n) is 2.48. The standard InChI is InChI=1S/C15H16F4N2O2/c16-12-6-2-1-5-11(12)14(23)20-8-13(22)21-7-3-4-10(9-21)15(17,18)19/h1-2,5-6,10H,3-4,7-9H2,(H,20,23)/t10-/m0/s1. The Bertz CT molecular complexity index is 589. The van der Waals surface area contributed by atoms with E-state index in [4.69, 9.17) is 0 Å². The van der Waals surface area contributed by atoms with Crippen LogP contribution in [0.5, 0.6) is 0 Å². The summed E-state index contributed by atoms with van der Waals surface area (Å²) in [5, 5.41) is 2.24. The molecule has 0 saturated carbocycles. The lowest BCUT2D eigenvalue weighted by molar-refractivity contribution is -0.187. The molecule has 2 amide bonds. The van der Waals surface area contributed by atoms with Gasteiger partial charge in [0.15, 0.2) is 0 Å². The minimum absolute atomic E-state index is 0.00509. The first-order valence-electron chi connectivity index (χ1n) is 7.16. The quantitative estimate of drug-likeness (QED) is 0.864. The highest BCUT2D eigenvalue weighted by Crippen LogP contribution is 2.33. The van der Waals surface area contributed by atoms with Crippen LogP contribution in [0.25, 0.3) is 0 Å². The van der Waals surface area contributed by atoms with E-state index in [0.717, 1.165) is 11.0 Å². The molecule has 126 valence electrons. The average Bonchev–Trinajstić information content (AvgIpc) is 2.52. The highest BCUT2D eigenvalue weighted by Gasteiger charge is 2.42. The van der Waals surface area contributed by atoms with Gasteiger partial charge in [-0.3, -0.25) is 9.59 Å². The maximum absolute atomic E-state index is 13.4. The smallest absolute Gasteiger partial charge is 0.343 e. The summed E-state index contributed by atoms with van der Waals surface area (Å²) in [5.41, 5.74) is -0.216. The number of halogens is 4. The molecule has 4 nitrogen and oxygen atoms in total. The number of carbonyl (C=O) groups is 2. The maximum Gasteiger partial charge on any atom is 0.393 e. The second-order valence-electron chi connectivity index (χ2n) is 5.38. The summed E-state index contributed by atoms with van der Waals surface area (Å²) in [5.74, 6) is -3.65. The highest BCUT2D eigenvalue weighted by atomic mass is 19.4. The maximum atomic E-state index is 13.4.